The maximum Gasteiger partial charge on any atom is 0.264 e. The van der Waals surface area contributed by atoms with Crippen LogP contribution in [0.25, 0.3) is 0 Å². The first-order valence-corrected chi connectivity index (χ1v) is 9.38. The maximum atomic E-state index is 13.2. The predicted octanol–water partition coefficient (Wildman–Crippen LogP) is 2.97. The average Bonchev–Trinajstić information content (AvgIpc) is 2.60. The minimum absolute atomic E-state index is 0.0991. The number of amides is 1. The minimum atomic E-state index is -3.87. The molecule has 1 amide bonds. The summed E-state index contributed by atoms with van der Waals surface area (Å²) in [7, 11) is -2.32. The van der Waals surface area contributed by atoms with E-state index in [-0.39, 0.29) is 23.3 Å². The van der Waals surface area contributed by atoms with Crippen molar-refractivity contribution in [2.45, 2.75) is 24.7 Å². The summed E-state index contributed by atoms with van der Waals surface area (Å²) in [6.07, 6.45) is 0. The lowest BCUT2D eigenvalue weighted by atomic mass is 10.0. The van der Waals surface area contributed by atoms with E-state index < -0.39 is 10.0 Å². The minimum Gasteiger partial charge on any atom is -0.496 e. The molecule has 3 rings (SSSR count). The predicted molar refractivity (Wildman–Crippen MR) is 96.7 cm³/mol. The molecule has 0 fully saturated rings. The van der Waals surface area contributed by atoms with Crippen LogP contribution in [0.4, 0.5) is 11.4 Å². The third-order valence-electron chi connectivity index (χ3n) is 4.15. The molecule has 1 N–H and O–H groups in total. The number of ether oxygens (including phenoxy) is 1. The normalized spacial score (nSPS) is 14.2. The Bertz CT molecular complexity index is 922. The Kier molecular flexibility index (Phi) is 4.43. The molecule has 132 valence electrons. The second-order valence-electron chi connectivity index (χ2n) is 6.14. The molecule has 1 aliphatic heterocycles. The standard InChI is InChI=1S/C18H20N2O4S/c1-12(2)14-10-13(8-9-17(14)24-3)25(22,23)20-11-18(21)19-15-6-4-5-7-16(15)20/h4-10,12H,11H2,1-3H3,(H,19,21). The first kappa shape index (κ1) is 17.3. The van der Waals surface area contributed by atoms with Gasteiger partial charge >= 0.3 is 0 Å². The Hall–Kier alpha value is -2.54. The molecule has 0 atom stereocenters. The van der Waals surface area contributed by atoms with Crippen LogP contribution >= 0.6 is 0 Å². The van der Waals surface area contributed by atoms with Gasteiger partial charge in [0.2, 0.25) is 5.91 Å². The first-order valence-electron chi connectivity index (χ1n) is 7.94. The number of nitrogens with one attached hydrogen (secondary N) is 1. The van der Waals surface area contributed by atoms with Crippen LogP contribution in [-0.4, -0.2) is 28.0 Å². The lowest BCUT2D eigenvalue weighted by molar-refractivity contribution is -0.115. The van der Waals surface area contributed by atoms with E-state index in [1.54, 1.807) is 43.5 Å². The Balaban J connectivity index is 2.12. The molecule has 0 unspecified atom stereocenters. The molecule has 0 radical (unpaired) electrons. The Morgan fingerprint density at radius 2 is 1.88 bits per heavy atom. The Morgan fingerprint density at radius 1 is 1.16 bits per heavy atom. The molecular formula is C18H20N2O4S. The number of carbonyl (C=O) groups excluding carboxylic acids is 1. The number of para-hydroxylation sites is 2. The zero-order chi connectivity index (χ0) is 18.2. The van der Waals surface area contributed by atoms with Crippen LogP contribution in [0.5, 0.6) is 5.75 Å². The zero-order valence-electron chi connectivity index (χ0n) is 14.3. The smallest absolute Gasteiger partial charge is 0.264 e. The van der Waals surface area contributed by atoms with Crippen LogP contribution < -0.4 is 14.4 Å². The van der Waals surface area contributed by atoms with Gasteiger partial charge in [0, 0.05) is 0 Å². The third-order valence-corrected chi connectivity index (χ3v) is 5.90. The molecule has 0 aliphatic carbocycles. The van der Waals surface area contributed by atoms with Crippen molar-refractivity contribution in [2.24, 2.45) is 0 Å². The van der Waals surface area contributed by atoms with Gasteiger partial charge in [-0.2, -0.15) is 0 Å². The van der Waals surface area contributed by atoms with Gasteiger partial charge in [-0.1, -0.05) is 26.0 Å². The summed E-state index contributed by atoms with van der Waals surface area (Å²) in [6.45, 7) is 3.69. The van der Waals surface area contributed by atoms with Crippen molar-refractivity contribution in [3.63, 3.8) is 0 Å². The van der Waals surface area contributed by atoms with Gasteiger partial charge in [0.25, 0.3) is 10.0 Å². The summed E-state index contributed by atoms with van der Waals surface area (Å²) in [5.74, 6) is 0.382. The fourth-order valence-electron chi connectivity index (χ4n) is 2.87. The average molecular weight is 360 g/mol. The van der Waals surface area contributed by atoms with E-state index in [1.165, 1.54) is 6.07 Å². The summed E-state index contributed by atoms with van der Waals surface area (Å²) >= 11 is 0. The molecule has 2 aromatic carbocycles. The third kappa shape index (κ3) is 3.07. The summed E-state index contributed by atoms with van der Waals surface area (Å²) in [4.78, 5) is 12.1. The van der Waals surface area contributed by atoms with E-state index in [0.29, 0.717) is 17.1 Å². The summed E-state index contributed by atoms with van der Waals surface area (Å²) < 4.78 is 32.8. The van der Waals surface area contributed by atoms with Crippen LogP contribution in [0.2, 0.25) is 0 Å². The Labute approximate surface area is 147 Å². The topological polar surface area (TPSA) is 75.7 Å². The number of sulfonamides is 1. The van der Waals surface area contributed by atoms with Crippen LogP contribution in [0.3, 0.4) is 0 Å². The second-order valence-corrected chi connectivity index (χ2v) is 8.00. The zero-order valence-corrected chi connectivity index (χ0v) is 15.1. The van der Waals surface area contributed by atoms with E-state index >= 15 is 0 Å². The highest BCUT2D eigenvalue weighted by molar-refractivity contribution is 7.92. The largest absolute Gasteiger partial charge is 0.496 e. The number of methoxy groups -OCH3 is 1. The van der Waals surface area contributed by atoms with Crippen molar-refractivity contribution in [1.82, 2.24) is 0 Å². The number of rotatable bonds is 4. The second kappa shape index (κ2) is 6.40. The van der Waals surface area contributed by atoms with Crippen molar-refractivity contribution in [1.29, 1.82) is 0 Å². The fourth-order valence-corrected chi connectivity index (χ4v) is 4.34. The van der Waals surface area contributed by atoms with E-state index in [0.717, 1.165) is 9.87 Å². The molecule has 0 spiro atoms. The van der Waals surface area contributed by atoms with Crippen molar-refractivity contribution >= 4 is 27.3 Å². The highest BCUT2D eigenvalue weighted by Gasteiger charge is 2.32. The van der Waals surface area contributed by atoms with E-state index in [1.807, 2.05) is 13.8 Å². The van der Waals surface area contributed by atoms with Crippen molar-refractivity contribution < 1.29 is 17.9 Å². The molecule has 2 aromatic rings. The molecule has 1 aliphatic rings. The van der Waals surface area contributed by atoms with Crippen molar-refractivity contribution in [2.75, 3.05) is 23.3 Å². The molecule has 0 bridgehead atoms. The van der Waals surface area contributed by atoms with Gasteiger partial charge in [0.1, 0.15) is 12.3 Å². The van der Waals surface area contributed by atoms with Crippen LogP contribution in [0, 0.1) is 0 Å². The lowest BCUT2D eigenvalue weighted by Crippen LogP contribution is -2.42. The lowest BCUT2D eigenvalue weighted by Gasteiger charge is -2.30. The molecule has 25 heavy (non-hydrogen) atoms. The molecule has 0 saturated heterocycles. The number of anilines is 2. The maximum absolute atomic E-state index is 13.2. The van der Waals surface area contributed by atoms with Gasteiger partial charge in [-0.05, 0) is 41.8 Å². The number of hydrogen-bond donors (Lipinski definition) is 1. The van der Waals surface area contributed by atoms with Gasteiger partial charge in [-0.25, -0.2) is 8.42 Å². The van der Waals surface area contributed by atoms with Gasteiger partial charge < -0.3 is 10.1 Å². The van der Waals surface area contributed by atoms with Crippen LogP contribution in [0.15, 0.2) is 47.4 Å². The number of benzene rings is 2. The van der Waals surface area contributed by atoms with Gasteiger partial charge in [-0.3, -0.25) is 9.10 Å². The highest BCUT2D eigenvalue weighted by Crippen LogP contribution is 2.35. The fraction of sp³-hybridized carbons (Fsp3) is 0.278. The van der Waals surface area contributed by atoms with Gasteiger partial charge in [0.15, 0.2) is 0 Å². The van der Waals surface area contributed by atoms with E-state index in [4.69, 9.17) is 4.74 Å². The Morgan fingerprint density at radius 3 is 2.56 bits per heavy atom. The molecule has 0 aromatic heterocycles. The molecule has 0 saturated carbocycles. The number of fused-ring (bicyclic) bond motifs is 1. The molecule has 1 heterocycles. The number of hydrogen-bond acceptors (Lipinski definition) is 4. The first-order chi connectivity index (χ1) is 11.8. The molecular weight excluding hydrogens is 340 g/mol. The van der Waals surface area contributed by atoms with Crippen molar-refractivity contribution in [3.05, 3.63) is 48.0 Å². The highest BCUT2D eigenvalue weighted by atomic mass is 32.2. The summed E-state index contributed by atoms with van der Waals surface area (Å²) in [5.41, 5.74) is 1.75. The quantitative estimate of drug-likeness (QED) is 0.909. The van der Waals surface area contributed by atoms with Crippen LogP contribution in [0.1, 0.15) is 25.3 Å². The van der Waals surface area contributed by atoms with Crippen molar-refractivity contribution in [3.8, 4) is 5.75 Å². The van der Waals surface area contributed by atoms with Crippen LogP contribution in [-0.2, 0) is 14.8 Å². The summed E-state index contributed by atoms with van der Waals surface area (Å²) in [6, 6.07) is 11.6. The van der Waals surface area contributed by atoms with Gasteiger partial charge in [0.05, 0.1) is 23.4 Å². The molecule has 6 nitrogen and oxygen atoms in total. The number of nitrogens with zero attached hydrogens (tertiary/aromatic N) is 1. The SMILES string of the molecule is COc1ccc(S(=O)(=O)N2CC(=O)Nc3ccccc32)cc1C(C)C. The summed E-state index contributed by atoms with van der Waals surface area (Å²) in [5, 5.41) is 2.70. The van der Waals surface area contributed by atoms with Gasteiger partial charge in [-0.15, -0.1) is 0 Å². The number of carbonyl (C=O) groups is 1. The monoisotopic (exact) mass is 360 g/mol. The van der Waals surface area contributed by atoms with E-state index in [2.05, 4.69) is 5.32 Å². The molecule has 7 heteroatoms. The van der Waals surface area contributed by atoms with E-state index in [9.17, 15) is 13.2 Å².